The maximum Gasteiger partial charge on any atom is 0.271 e. The fraction of sp³-hybridized carbons (Fsp3) is 0.412. The topological polar surface area (TPSA) is 69.2 Å². The first-order valence-electron chi connectivity index (χ1n) is 7.76. The molecule has 6 heteroatoms. The van der Waals surface area contributed by atoms with E-state index >= 15 is 0 Å². The van der Waals surface area contributed by atoms with E-state index in [9.17, 15) is 14.3 Å². The molecule has 1 amide bonds. The van der Waals surface area contributed by atoms with Crippen LogP contribution in [0.2, 0.25) is 0 Å². The van der Waals surface area contributed by atoms with Crippen molar-refractivity contribution < 1.29 is 14.3 Å². The quantitative estimate of drug-likeness (QED) is 0.910. The third-order valence-corrected chi connectivity index (χ3v) is 4.36. The average molecular weight is 317 g/mol. The van der Waals surface area contributed by atoms with Gasteiger partial charge in [0.1, 0.15) is 11.5 Å². The molecule has 122 valence electrons. The van der Waals surface area contributed by atoms with Crippen LogP contribution in [0.4, 0.5) is 4.39 Å². The molecular weight excluding hydrogens is 297 g/mol. The fourth-order valence-electron chi connectivity index (χ4n) is 3.11. The van der Waals surface area contributed by atoms with Crippen LogP contribution in [0.15, 0.2) is 30.3 Å². The molecule has 0 atom stereocenters. The number of aromatic nitrogens is 2. The number of benzene rings is 1. The number of carbonyl (C=O) groups is 1. The number of hydrogen-bond donors (Lipinski definition) is 2. The van der Waals surface area contributed by atoms with Crippen molar-refractivity contribution in [3.63, 3.8) is 0 Å². The minimum Gasteiger partial charge on any atom is -0.388 e. The van der Waals surface area contributed by atoms with Crippen LogP contribution in [0, 0.1) is 5.82 Å². The Hall–Kier alpha value is -2.21. The van der Waals surface area contributed by atoms with E-state index in [1.54, 1.807) is 25.2 Å². The van der Waals surface area contributed by atoms with Crippen molar-refractivity contribution in [3.8, 4) is 11.3 Å². The van der Waals surface area contributed by atoms with E-state index in [1.165, 1.54) is 17.0 Å². The van der Waals surface area contributed by atoms with Gasteiger partial charge >= 0.3 is 0 Å². The van der Waals surface area contributed by atoms with Gasteiger partial charge < -0.3 is 10.0 Å². The average Bonchev–Trinajstić information content (AvgIpc) is 3.16. The molecule has 2 N–H and O–H groups in total. The summed E-state index contributed by atoms with van der Waals surface area (Å²) in [6, 6.07) is 7.58. The van der Waals surface area contributed by atoms with Crippen molar-refractivity contribution in [3.05, 3.63) is 41.8 Å². The van der Waals surface area contributed by atoms with E-state index in [-0.39, 0.29) is 11.7 Å². The summed E-state index contributed by atoms with van der Waals surface area (Å²) in [6.45, 7) is 0.316. The molecule has 5 nitrogen and oxygen atoms in total. The van der Waals surface area contributed by atoms with E-state index in [0.717, 1.165) is 31.2 Å². The molecule has 3 rings (SSSR count). The van der Waals surface area contributed by atoms with Crippen LogP contribution in [-0.4, -0.2) is 45.3 Å². The zero-order valence-electron chi connectivity index (χ0n) is 13.1. The first-order chi connectivity index (χ1) is 11.0. The molecular formula is C17H20FN3O2. The highest BCUT2D eigenvalue weighted by Crippen LogP contribution is 2.30. The minimum atomic E-state index is -0.774. The van der Waals surface area contributed by atoms with E-state index in [1.807, 2.05) is 0 Å². The highest BCUT2D eigenvalue weighted by Gasteiger charge is 2.33. The molecule has 0 saturated heterocycles. The van der Waals surface area contributed by atoms with Gasteiger partial charge in [0.15, 0.2) is 0 Å². The lowest BCUT2D eigenvalue weighted by atomic mass is 10.0. The van der Waals surface area contributed by atoms with Crippen LogP contribution in [0.3, 0.4) is 0 Å². The highest BCUT2D eigenvalue weighted by atomic mass is 19.1. The summed E-state index contributed by atoms with van der Waals surface area (Å²) < 4.78 is 13.0. The largest absolute Gasteiger partial charge is 0.388 e. The van der Waals surface area contributed by atoms with Gasteiger partial charge in [-0.1, -0.05) is 12.8 Å². The first-order valence-corrected chi connectivity index (χ1v) is 7.76. The Labute approximate surface area is 134 Å². The third-order valence-electron chi connectivity index (χ3n) is 4.36. The number of amides is 1. The molecule has 2 aromatic rings. The molecule has 1 aromatic heterocycles. The van der Waals surface area contributed by atoms with Crippen LogP contribution in [0.25, 0.3) is 11.3 Å². The van der Waals surface area contributed by atoms with Crippen molar-refractivity contribution >= 4 is 5.91 Å². The van der Waals surface area contributed by atoms with Gasteiger partial charge in [0.25, 0.3) is 5.91 Å². The Morgan fingerprint density at radius 1 is 1.35 bits per heavy atom. The number of carbonyl (C=O) groups excluding carboxylic acids is 1. The molecule has 1 heterocycles. The number of hydrogen-bond acceptors (Lipinski definition) is 3. The monoisotopic (exact) mass is 317 g/mol. The molecule has 0 aliphatic heterocycles. The molecule has 23 heavy (non-hydrogen) atoms. The smallest absolute Gasteiger partial charge is 0.271 e. The van der Waals surface area contributed by atoms with Gasteiger partial charge in [-0.2, -0.15) is 5.10 Å². The van der Waals surface area contributed by atoms with Gasteiger partial charge in [0, 0.05) is 19.2 Å². The zero-order chi connectivity index (χ0) is 16.4. The molecule has 1 aliphatic rings. The summed E-state index contributed by atoms with van der Waals surface area (Å²) in [7, 11) is 1.68. The van der Waals surface area contributed by atoms with Crippen LogP contribution < -0.4 is 0 Å². The van der Waals surface area contributed by atoms with Crippen molar-refractivity contribution in [2.75, 3.05) is 13.6 Å². The molecule has 0 bridgehead atoms. The maximum absolute atomic E-state index is 13.0. The second-order valence-corrected chi connectivity index (χ2v) is 6.27. The Bertz CT molecular complexity index is 690. The molecule has 1 aliphatic carbocycles. The molecule has 0 radical (unpaired) electrons. The maximum atomic E-state index is 13.0. The predicted molar refractivity (Wildman–Crippen MR) is 84.4 cm³/mol. The number of aromatic amines is 1. The Morgan fingerprint density at radius 3 is 2.65 bits per heavy atom. The van der Waals surface area contributed by atoms with Gasteiger partial charge in [-0.25, -0.2) is 4.39 Å². The lowest BCUT2D eigenvalue weighted by Crippen LogP contribution is -2.42. The lowest BCUT2D eigenvalue weighted by Gasteiger charge is -2.28. The van der Waals surface area contributed by atoms with Crippen LogP contribution in [-0.2, 0) is 0 Å². The van der Waals surface area contributed by atoms with Gasteiger partial charge in [-0.3, -0.25) is 9.89 Å². The van der Waals surface area contributed by atoms with E-state index in [0.29, 0.717) is 17.9 Å². The number of H-pyrrole nitrogens is 1. The van der Waals surface area contributed by atoms with E-state index < -0.39 is 5.60 Å². The number of nitrogens with zero attached hydrogens (tertiary/aromatic N) is 2. The number of likely N-dealkylation sites (N-methyl/N-ethyl adjacent to an activating group) is 1. The van der Waals surface area contributed by atoms with Crippen LogP contribution in [0.5, 0.6) is 0 Å². The number of rotatable bonds is 4. The van der Waals surface area contributed by atoms with Crippen molar-refractivity contribution in [1.29, 1.82) is 0 Å². The number of halogens is 1. The minimum absolute atomic E-state index is 0.216. The second-order valence-electron chi connectivity index (χ2n) is 6.27. The highest BCUT2D eigenvalue weighted by molar-refractivity contribution is 5.93. The molecule has 1 aromatic carbocycles. The number of aliphatic hydroxyl groups is 1. The Morgan fingerprint density at radius 2 is 2.00 bits per heavy atom. The second kappa shape index (κ2) is 6.12. The van der Waals surface area contributed by atoms with Gasteiger partial charge in [-0.15, -0.1) is 0 Å². The molecule has 0 unspecified atom stereocenters. The fourth-order valence-corrected chi connectivity index (χ4v) is 3.11. The molecule has 0 spiro atoms. The van der Waals surface area contributed by atoms with Gasteiger partial charge in [0.2, 0.25) is 0 Å². The standard InChI is InChI=1S/C17H20FN3O2/c1-21(11-17(23)8-2-3-9-17)16(22)15-10-14(19-20-15)12-4-6-13(18)7-5-12/h4-7,10,23H,2-3,8-9,11H2,1H3,(H,19,20). The van der Waals surface area contributed by atoms with Crippen molar-refractivity contribution in [1.82, 2.24) is 15.1 Å². The van der Waals surface area contributed by atoms with Crippen LogP contribution in [0.1, 0.15) is 36.2 Å². The summed E-state index contributed by atoms with van der Waals surface area (Å²) in [4.78, 5) is 14.0. The molecule has 1 fully saturated rings. The van der Waals surface area contributed by atoms with Crippen molar-refractivity contribution in [2.24, 2.45) is 0 Å². The number of nitrogens with one attached hydrogen (secondary N) is 1. The van der Waals surface area contributed by atoms with E-state index in [4.69, 9.17) is 0 Å². The van der Waals surface area contributed by atoms with Crippen LogP contribution >= 0.6 is 0 Å². The Kier molecular flexibility index (Phi) is 4.17. The SMILES string of the molecule is CN(CC1(O)CCCC1)C(=O)c1cc(-c2ccc(F)cc2)n[nH]1. The summed E-state index contributed by atoms with van der Waals surface area (Å²) in [6.07, 6.45) is 3.46. The zero-order valence-corrected chi connectivity index (χ0v) is 13.1. The van der Waals surface area contributed by atoms with Gasteiger partial charge in [-0.05, 0) is 43.2 Å². The third kappa shape index (κ3) is 3.42. The lowest BCUT2D eigenvalue weighted by molar-refractivity contribution is 0.0155. The first kappa shape index (κ1) is 15.7. The van der Waals surface area contributed by atoms with E-state index in [2.05, 4.69) is 10.2 Å². The summed E-state index contributed by atoms with van der Waals surface area (Å²) in [5, 5.41) is 17.2. The summed E-state index contributed by atoms with van der Waals surface area (Å²) in [5.74, 6) is -0.531. The predicted octanol–water partition coefficient (Wildman–Crippen LogP) is 2.59. The molecule has 1 saturated carbocycles. The normalized spacial score (nSPS) is 16.5. The summed E-state index contributed by atoms with van der Waals surface area (Å²) in [5.41, 5.74) is 0.901. The Balaban J connectivity index is 1.71. The summed E-state index contributed by atoms with van der Waals surface area (Å²) >= 11 is 0. The van der Waals surface area contributed by atoms with Crippen molar-refractivity contribution in [2.45, 2.75) is 31.3 Å². The van der Waals surface area contributed by atoms with Gasteiger partial charge in [0.05, 0.1) is 11.3 Å².